The fraction of sp³-hybridized carbons (Fsp3) is 0.316. The molecule has 0 unspecified atom stereocenters. The molecule has 0 spiro atoms. The molecule has 2 aromatic rings. The van der Waals surface area contributed by atoms with E-state index in [0.717, 1.165) is 19.3 Å². The molecule has 4 nitrogen and oxygen atoms in total. The van der Waals surface area contributed by atoms with E-state index >= 15 is 0 Å². The molecule has 1 N–H and O–H groups in total. The van der Waals surface area contributed by atoms with Crippen LogP contribution < -0.4 is 14.8 Å². The number of benzene rings is 2. The minimum absolute atomic E-state index is 0.0365. The van der Waals surface area contributed by atoms with E-state index in [1.807, 2.05) is 12.1 Å². The van der Waals surface area contributed by atoms with E-state index in [-0.39, 0.29) is 11.9 Å². The highest BCUT2D eigenvalue weighted by molar-refractivity contribution is 6.32. The highest BCUT2D eigenvalue weighted by Gasteiger charge is 2.24. The second-order valence-corrected chi connectivity index (χ2v) is 6.51. The van der Waals surface area contributed by atoms with Crippen molar-refractivity contribution in [2.45, 2.75) is 25.3 Å². The van der Waals surface area contributed by atoms with Gasteiger partial charge in [0.1, 0.15) is 13.2 Å². The van der Waals surface area contributed by atoms with Gasteiger partial charge in [0.2, 0.25) is 0 Å². The Hall–Kier alpha value is -2.20. The fourth-order valence-corrected chi connectivity index (χ4v) is 3.65. The number of fused-ring (bicyclic) bond motifs is 2. The number of carbonyl (C=O) groups excluding carboxylic acids is 1. The lowest BCUT2D eigenvalue weighted by atomic mass is 9.87. The third-order valence-corrected chi connectivity index (χ3v) is 4.81. The zero-order chi connectivity index (χ0) is 16.5. The van der Waals surface area contributed by atoms with Crippen LogP contribution in [0, 0.1) is 0 Å². The summed E-state index contributed by atoms with van der Waals surface area (Å²) in [6, 6.07) is 11.7. The van der Waals surface area contributed by atoms with Gasteiger partial charge in [-0.15, -0.1) is 0 Å². The molecule has 0 bridgehead atoms. The molecule has 5 heteroatoms. The fourth-order valence-electron chi connectivity index (χ4n) is 3.39. The molecular formula is C19H18ClNO3. The summed E-state index contributed by atoms with van der Waals surface area (Å²) >= 11 is 6.23. The van der Waals surface area contributed by atoms with Crippen LogP contribution in [0.25, 0.3) is 0 Å². The quantitative estimate of drug-likeness (QED) is 0.899. The first kappa shape index (κ1) is 15.3. The summed E-state index contributed by atoms with van der Waals surface area (Å²) in [6.07, 6.45) is 3.09. The molecule has 2 aromatic carbocycles. The maximum Gasteiger partial charge on any atom is 0.251 e. The average Bonchev–Trinajstić information content (AvgIpc) is 2.62. The number of amides is 1. The molecule has 2 aliphatic rings. The van der Waals surface area contributed by atoms with Crippen LogP contribution in [0.2, 0.25) is 5.02 Å². The molecule has 4 rings (SSSR count). The molecule has 0 saturated heterocycles. The number of ether oxygens (including phenoxy) is 2. The molecule has 0 saturated carbocycles. The van der Waals surface area contributed by atoms with Gasteiger partial charge in [-0.1, -0.05) is 35.9 Å². The minimum atomic E-state index is -0.143. The average molecular weight is 344 g/mol. The Labute approximate surface area is 145 Å². The molecular weight excluding hydrogens is 326 g/mol. The summed E-state index contributed by atoms with van der Waals surface area (Å²) < 4.78 is 11.0. The van der Waals surface area contributed by atoms with Crippen LogP contribution in [0.3, 0.4) is 0 Å². The van der Waals surface area contributed by atoms with Crippen molar-refractivity contribution in [1.82, 2.24) is 5.32 Å². The molecule has 124 valence electrons. The number of carbonyl (C=O) groups is 1. The zero-order valence-electron chi connectivity index (χ0n) is 13.2. The summed E-state index contributed by atoms with van der Waals surface area (Å²) in [7, 11) is 0. The largest absolute Gasteiger partial charge is 0.486 e. The molecule has 0 aromatic heterocycles. The Morgan fingerprint density at radius 2 is 2.00 bits per heavy atom. The van der Waals surface area contributed by atoms with Crippen LogP contribution in [0.5, 0.6) is 11.5 Å². The lowest BCUT2D eigenvalue weighted by Crippen LogP contribution is -2.31. The second-order valence-electron chi connectivity index (χ2n) is 6.10. The molecule has 1 atom stereocenters. The zero-order valence-corrected chi connectivity index (χ0v) is 13.9. The first-order valence-electron chi connectivity index (χ1n) is 8.20. The Morgan fingerprint density at radius 1 is 1.17 bits per heavy atom. The van der Waals surface area contributed by atoms with Gasteiger partial charge < -0.3 is 14.8 Å². The molecule has 0 radical (unpaired) electrons. The SMILES string of the molecule is O=C(N[C@H]1CCCc2ccccc21)c1cc(Cl)c2c(c1)OCCO2. The van der Waals surface area contributed by atoms with Gasteiger partial charge in [0.05, 0.1) is 11.1 Å². The number of rotatable bonds is 2. The monoisotopic (exact) mass is 343 g/mol. The maximum atomic E-state index is 12.7. The van der Waals surface area contributed by atoms with Gasteiger partial charge in [0.25, 0.3) is 5.91 Å². The van der Waals surface area contributed by atoms with Gasteiger partial charge in [-0.2, -0.15) is 0 Å². The van der Waals surface area contributed by atoms with Crippen LogP contribution in [0.4, 0.5) is 0 Å². The van der Waals surface area contributed by atoms with E-state index in [4.69, 9.17) is 21.1 Å². The summed E-state index contributed by atoms with van der Waals surface area (Å²) in [6.45, 7) is 0.932. The van der Waals surface area contributed by atoms with Crippen LogP contribution >= 0.6 is 11.6 Å². The lowest BCUT2D eigenvalue weighted by molar-refractivity contribution is 0.0931. The van der Waals surface area contributed by atoms with Crippen molar-refractivity contribution in [3.8, 4) is 11.5 Å². The standard InChI is InChI=1S/C19H18ClNO3/c20-15-10-13(11-17-18(15)24-9-8-23-17)19(22)21-16-7-3-5-12-4-1-2-6-14(12)16/h1-2,4,6,10-11,16H,3,5,7-9H2,(H,21,22)/t16-/m0/s1. The Bertz CT molecular complexity index is 790. The van der Waals surface area contributed by atoms with Crippen molar-refractivity contribution in [3.63, 3.8) is 0 Å². The number of halogens is 1. The molecule has 1 heterocycles. The molecule has 24 heavy (non-hydrogen) atoms. The van der Waals surface area contributed by atoms with Crippen LogP contribution in [0.15, 0.2) is 36.4 Å². The van der Waals surface area contributed by atoms with Crippen molar-refractivity contribution < 1.29 is 14.3 Å². The number of hydrogen-bond donors (Lipinski definition) is 1. The Balaban J connectivity index is 1.58. The minimum Gasteiger partial charge on any atom is -0.486 e. The van der Waals surface area contributed by atoms with E-state index in [1.165, 1.54) is 11.1 Å². The van der Waals surface area contributed by atoms with E-state index < -0.39 is 0 Å². The predicted octanol–water partition coefficient (Wildman–Crippen LogP) is 3.92. The highest BCUT2D eigenvalue weighted by Crippen LogP contribution is 2.38. The third-order valence-electron chi connectivity index (χ3n) is 4.53. The summed E-state index contributed by atoms with van der Waals surface area (Å²) in [5.74, 6) is 0.904. The normalized spacial score (nSPS) is 18.6. The number of nitrogens with one attached hydrogen (secondary N) is 1. The van der Waals surface area contributed by atoms with Crippen molar-refractivity contribution in [2.24, 2.45) is 0 Å². The van der Waals surface area contributed by atoms with E-state index in [9.17, 15) is 4.79 Å². The van der Waals surface area contributed by atoms with Crippen molar-refractivity contribution in [3.05, 3.63) is 58.1 Å². The summed E-state index contributed by atoms with van der Waals surface area (Å²) in [5.41, 5.74) is 3.02. The van der Waals surface area contributed by atoms with Gasteiger partial charge in [-0.25, -0.2) is 0 Å². The van der Waals surface area contributed by atoms with Gasteiger partial charge in [0, 0.05) is 5.56 Å². The van der Waals surface area contributed by atoms with Gasteiger partial charge in [0.15, 0.2) is 11.5 Å². The van der Waals surface area contributed by atoms with Gasteiger partial charge in [-0.05, 0) is 42.5 Å². The van der Waals surface area contributed by atoms with Crippen LogP contribution in [0.1, 0.15) is 40.4 Å². The predicted molar refractivity (Wildman–Crippen MR) is 92.0 cm³/mol. The molecule has 0 fully saturated rings. The smallest absolute Gasteiger partial charge is 0.251 e. The highest BCUT2D eigenvalue weighted by atomic mass is 35.5. The number of hydrogen-bond acceptors (Lipinski definition) is 3. The number of aryl methyl sites for hydroxylation is 1. The van der Waals surface area contributed by atoms with Crippen LogP contribution in [-0.2, 0) is 6.42 Å². The van der Waals surface area contributed by atoms with Gasteiger partial charge >= 0.3 is 0 Å². The van der Waals surface area contributed by atoms with Crippen molar-refractivity contribution >= 4 is 17.5 Å². The first-order valence-corrected chi connectivity index (χ1v) is 8.58. The Kier molecular flexibility index (Phi) is 4.07. The lowest BCUT2D eigenvalue weighted by Gasteiger charge is -2.26. The topological polar surface area (TPSA) is 47.6 Å². The Morgan fingerprint density at radius 3 is 2.92 bits per heavy atom. The molecule has 1 amide bonds. The maximum absolute atomic E-state index is 12.7. The summed E-state index contributed by atoms with van der Waals surface area (Å²) in [4.78, 5) is 12.7. The molecule has 1 aliphatic heterocycles. The first-order chi connectivity index (χ1) is 11.7. The molecule has 1 aliphatic carbocycles. The van der Waals surface area contributed by atoms with Gasteiger partial charge in [-0.3, -0.25) is 4.79 Å². The van der Waals surface area contributed by atoms with Crippen LogP contribution in [-0.4, -0.2) is 19.1 Å². The summed E-state index contributed by atoms with van der Waals surface area (Å²) in [5, 5.41) is 3.54. The van der Waals surface area contributed by atoms with E-state index in [0.29, 0.717) is 35.3 Å². The van der Waals surface area contributed by atoms with Crippen molar-refractivity contribution in [2.75, 3.05) is 13.2 Å². The third kappa shape index (κ3) is 2.82. The van der Waals surface area contributed by atoms with E-state index in [1.54, 1.807) is 12.1 Å². The van der Waals surface area contributed by atoms with E-state index in [2.05, 4.69) is 17.4 Å². The van der Waals surface area contributed by atoms with Crippen molar-refractivity contribution in [1.29, 1.82) is 0 Å². The second kappa shape index (κ2) is 6.36.